The number of hydrogen-bond acceptors (Lipinski definition) is 8. The average molecular weight is 580 g/mol. The number of amides is 1. The van der Waals surface area contributed by atoms with Gasteiger partial charge < -0.3 is 14.6 Å². The van der Waals surface area contributed by atoms with Gasteiger partial charge in [-0.15, -0.1) is 0 Å². The second-order valence-corrected chi connectivity index (χ2v) is 10.8. The van der Waals surface area contributed by atoms with Gasteiger partial charge in [0.05, 0.1) is 36.5 Å². The highest BCUT2D eigenvalue weighted by Gasteiger charge is 2.49. The molecule has 0 unspecified atom stereocenters. The number of nitriles is 1. The zero-order chi connectivity index (χ0) is 29.5. The van der Waals surface area contributed by atoms with Gasteiger partial charge in [0.2, 0.25) is 0 Å². The molecule has 11 nitrogen and oxygen atoms in total. The van der Waals surface area contributed by atoms with Crippen LogP contribution in [0.4, 0.5) is 13.2 Å². The molecule has 1 amide bonds. The number of methoxy groups -OCH3 is 1. The number of aromatic amines is 1. The molecule has 1 N–H and O–H groups in total. The van der Waals surface area contributed by atoms with E-state index in [4.69, 9.17) is 4.74 Å². The molecular weight excluding hydrogens is 551 g/mol. The number of aromatic nitrogens is 6. The summed E-state index contributed by atoms with van der Waals surface area (Å²) in [6.45, 7) is 1.81. The Morgan fingerprint density at radius 3 is 2.71 bits per heavy atom. The summed E-state index contributed by atoms with van der Waals surface area (Å²) in [6.07, 6.45) is 4.06. The van der Waals surface area contributed by atoms with Crippen LogP contribution in [0.1, 0.15) is 41.0 Å². The third kappa shape index (κ3) is 5.10. The zero-order valence-corrected chi connectivity index (χ0v) is 22.8. The number of rotatable bonds is 7. The van der Waals surface area contributed by atoms with Gasteiger partial charge >= 0.3 is 6.18 Å². The molecule has 218 valence electrons. The Morgan fingerprint density at radius 2 is 2.00 bits per heavy atom. The number of pyridine rings is 1. The van der Waals surface area contributed by atoms with Crippen LogP contribution in [-0.4, -0.2) is 84.8 Å². The van der Waals surface area contributed by atoms with Gasteiger partial charge in [0.1, 0.15) is 23.4 Å². The van der Waals surface area contributed by atoms with Crippen LogP contribution in [0.15, 0.2) is 43.1 Å². The fraction of sp³-hybridized carbons (Fsp3) is 0.429. The van der Waals surface area contributed by atoms with E-state index in [1.807, 2.05) is 23.1 Å². The van der Waals surface area contributed by atoms with Crippen LogP contribution >= 0.6 is 0 Å². The number of hydrogen-bond donors (Lipinski definition) is 1. The minimum Gasteiger partial charge on any atom is -0.380 e. The Hall–Kier alpha value is -4.35. The molecule has 1 saturated heterocycles. The molecule has 1 aliphatic heterocycles. The molecule has 0 radical (unpaired) electrons. The highest BCUT2D eigenvalue weighted by molar-refractivity contribution is 5.92. The first-order valence-electron chi connectivity index (χ1n) is 13.5. The van der Waals surface area contributed by atoms with Crippen LogP contribution < -0.4 is 0 Å². The molecule has 2 aliphatic rings. The number of nitrogens with one attached hydrogen (secondary N) is 1. The van der Waals surface area contributed by atoms with Crippen molar-refractivity contribution in [3.05, 3.63) is 60.1 Å². The van der Waals surface area contributed by atoms with Crippen LogP contribution in [0.2, 0.25) is 0 Å². The quantitative estimate of drug-likeness (QED) is 0.352. The summed E-state index contributed by atoms with van der Waals surface area (Å²) in [5, 5.41) is 15.1. The van der Waals surface area contributed by atoms with Crippen LogP contribution in [0.3, 0.4) is 0 Å². The standard InChI is InChI=1S/C28H28F3N9O2/c1-42-16-18-10-22(37-23(11-18)28(29,30)31)26(41)39-8-6-38(7-9-39)20-12-27(13-20,3-4-32)40-15-19(14-36-40)24-21-2-5-33-25(21)35-17-34-24/h2,5,10-11,14-15,17,20H,3,6-9,12-13,16H2,1H3,(H,33,34,35)/t20-,27-. The highest BCUT2D eigenvalue weighted by atomic mass is 19.4. The predicted molar refractivity (Wildman–Crippen MR) is 144 cm³/mol. The van der Waals surface area contributed by atoms with Gasteiger partial charge in [0, 0.05) is 62.7 Å². The van der Waals surface area contributed by atoms with Gasteiger partial charge in [0.15, 0.2) is 0 Å². The minimum absolute atomic E-state index is 0.0565. The number of carbonyl (C=O) groups is 1. The van der Waals surface area contributed by atoms with E-state index >= 15 is 0 Å². The van der Waals surface area contributed by atoms with E-state index in [0.29, 0.717) is 45.4 Å². The number of alkyl halides is 3. The summed E-state index contributed by atoms with van der Waals surface area (Å²) >= 11 is 0. The van der Waals surface area contributed by atoms with E-state index in [1.54, 1.807) is 11.1 Å². The van der Waals surface area contributed by atoms with Gasteiger partial charge in [-0.1, -0.05) is 0 Å². The topological polar surface area (TPSA) is 129 Å². The number of carbonyl (C=O) groups excluding carboxylic acids is 1. The lowest BCUT2D eigenvalue weighted by Gasteiger charge is -2.52. The Labute approximate surface area is 238 Å². The first-order chi connectivity index (χ1) is 20.2. The maximum Gasteiger partial charge on any atom is 0.433 e. The molecule has 0 bridgehead atoms. The summed E-state index contributed by atoms with van der Waals surface area (Å²) in [7, 11) is 1.38. The van der Waals surface area contributed by atoms with Crippen molar-refractivity contribution in [1.29, 1.82) is 5.26 Å². The molecule has 4 aromatic rings. The van der Waals surface area contributed by atoms with E-state index in [9.17, 15) is 23.2 Å². The lowest BCUT2D eigenvalue weighted by molar-refractivity contribution is -0.141. The lowest BCUT2D eigenvalue weighted by Crippen LogP contribution is -2.60. The van der Waals surface area contributed by atoms with Gasteiger partial charge in [-0.25, -0.2) is 15.0 Å². The summed E-state index contributed by atoms with van der Waals surface area (Å²) in [5.41, 5.74) is 0.782. The highest BCUT2D eigenvalue weighted by Crippen LogP contribution is 2.45. The van der Waals surface area contributed by atoms with Gasteiger partial charge in [-0.2, -0.15) is 23.5 Å². The second kappa shape index (κ2) is 10.8. The molecule has 6 rings (SSSR count). The van der Waals surface area contributed by atoms with Crippen molar-refractivity contribution in [3.8, 4) is 17.3 Å². The number of piperazine rings is 1. The lowest BCUT2D eigenvalue weighted by atomic mass is 9.70. The normalized spacial score (nSPS) is 21.3. The number of nitrogens with zero attached hydrogens (tertiary/aromatic N) is 8. The van der Waals surface area contributed by atoms with Crippen LogP contribution in [0.25, 0.3) is 22.3 Å². The maximum atomic E-state index is 13.4. The van der Waals surface area contributed by atoms with E-state index in [0.717, 1.165) is 28.4 Å². The van der Waals surface area contributed by atoms with Crippen LogP contribution in [0, 0.1) is 11.3 Å². The molecule has 14 heteroatoms. The van der Waals surface area contributed by atoms with Crippen molar-refractivity contribution in [2.45, 2.75) is 43.6 Å². The monoisotopic (exact) mass is 579 g/mol. The molecule has 42 heavy (non-hydrogen) atoms. The molecule has 1 aliphatic carbocycles. The minimum atomic E-state index is -4.67. The zero-order valence-electron chi connectivity index (χ0n) is 22.8. The van der Waals surface area contributed by atoms with Crippen molar-refractivity contribution < 1.29 is 22.7 Å². The first-order valence-corrected chi connectivity index (χ1v) is 13.5. The molecule has 1 saturated carbocycles. The van der Waals surface area contributed by atoms with E-state index in [1.165, 1.54) is 19.5 Å². The van der Waals surface area contributed by atoms with Crippen molar-refractivity contribution in [2.24, 2.45) is 0 Å². The Bertz CT molecular complexity index is 1640. The summed E-state index contributed by atoms with van der Waals surface area (Å²) < 4.78 is 47.0. The van der Waals surface area contributed by atoms with Crippen molar-refractivity contribution in [2.75, 3.05) is 33.3 Å². The average Bonchev–Trinajstić information content (AvgIpc) is 3.64. The largest absolute Gasteiger partial charge is 0.433 e. The number of fused-ring (bicyclic) bond motifs is 1. The summed E-state index contributed by atoms with van der Waals surface area (Å²) in [4.78, 5) is 32.3. The van der Waals surface area contributed by atoms with Gasteiger partial charge in [0.25, 0.3) is 5.91 Å². The molecular formula is C28H28F3N9O2. The molecule has 0 atom stereocenters. The molecule has 0 spiro atoms. The second-order valence-electron chi connectivity index (χ2n) is 10.8. The van der Waals surface area contributed by atoms with E-state index in [-0.39, 0.29) is 23.9 Å². The third-order valence-corrected chi connectivity index (χ3v) is 8.16. The predicted octanol–water partition coefficient (Wildman–Crippen LogP) is 3.61. The van der Waals surface area contributed by atoms with E-state index < -0.39 is 23.3 Å². The number of H-pyrrole nitrogens is 1. The smallest absolute Gasteiger partial charge is 0.380 e. The van der Waals surface area contributed by atoms with Crippen molar-refractivity contribution in [3.63, 3.8) is 0 Å². The van der Waals surface area contributed by atoms with Gasteiger partial charge in [-0.05, 0) is 36.6 Å². The van der Waals surface area contributed by atoms with Crippen molar-refractivity contribution in [1.82, 2.24) is 39.5 Å². The molecule has 0 aromatic carbocycles. The fourth-order valence-electron chi connectivity index (χ4n) is 5.99. The van der Waals surface area contributed by atoms with Crippen molar-refractivity contribution >= 4 is 16.9 Å². The first kappa shape index (κ1) is 27.8. The maximum absolute atomic E-state index is 13.4. The Balaban J connectivity index is 1.11. The third-order valence-electron chi connectivity index (χ3n) is 8.16. The summed E-state index contributed by atoms with van der Waals surface area (Å²) in [5.74, 6) is -0.532. The Morgan fingerprint density at radius 1 is 1.21 bits per heavy atom. The number of halogens is 3. The Kier molecular flexibility index (Phi) is 7.15. The summed E-state index contributed by atoms with van der Waals surface area (Å²) in [6, 6.07) is 6.68. The molecule has 2 fully saturated rings. The fourth-order valence-corrected chi connectivity index (χ4v) is 5.99. The number of ether oxygens (including phenoxy) is 1. The SMILES string of the molecule is COCc1cc(C(=O)N2CCN([C@H]3C[C@](CC#N)(n4cc(-c5ncnc6[nH]ccc56)cn4)C3)CC2)nc(C(F)(F)F)c1. The van der Waals surface area contributed by atoms with Crippen LogP contribution in [-0.2, 0) is 23.1 Å². The van der Waals surface area contributed by atoms with Gasteiger partial charge in [-0.3, -0.25) is 14.4 Å². The molecule has 4 aromatic heterocycles. The van der Waals surface area contributed by atoms with Crippen LogP contribution in [0.5, 0.6) is 0 Å². The van der Waals surface area contributed by atoms with E-state index in [2.05, 4.69) is 36.0 Å². The molecule has 5 heterocycles.